The topological polar surface area (TPSA) is 87.2 Å². The number of benzene rings is 1. The number of sulfonamides is 1. The van der Waals surface area contributed by atoms with Crippen molar-refractivity contribution >= 4 is 15.9 Å². The molecular weight excluding hydrogens is 416 g/mol. The molecule has 0 radical (unpaired) electrons. The number of carbonyl (C=O) groups is 1. The lowest BCUT2D eigenvalue weighted by Gasteiger charge is -2.37. The molecule has 0 unspecified atom stereocenters. The number of amides is 1. The molecule has 1 amide bonds. The van der Waals surface area contributed by atoms with Gasteiger partial charge in [-0.25, -0.2) is 8.42 Å². The van der Waals surface area contributed by atoms with E-state index in [9.17, 15) is 18.3 Å². The van der Waals surface area contributed by atoms with Crippen LogP contribution in [0.1, 0.15) is 52.5 Å². The smallest absolute Gasteiger partial charge is 0.247 e. The number of nitrogens with zero attached hydrogens (tertiary/aromatic N) is 2. The predicted molar refractivity (Wildman–Crippen MR) is 120 cm³/mol. The van der Waals surface area contributed by atoms with Crippen LogP contribution in [0.4, 0.5) is 0 Å². The van der Waals surface area contributed by atoms with E-state index in [4.69, 9.17) is 4.74 Å². The number of aliphatic hydroxyl groups excluding tert-OH is 1. The van der Waals surface area contributed by atoms with E-state index >= 15 is 0 Å². The number of likely N-dealkylation sites (N-methyl/N-ethyl adjacent to an activating group) is 1. The Morgan fingerprint density at radius 3 is 2.71 bits per heavy atom. The van der Waals surface area contributed by atoms with Gasteiger partial charge in [-0.2, -0.15) is 4.31 Å². The fraction of sp³-hybridized carbons (Fsp3) is 0.609. The standard InChI is InChI=1S/C23H34N2O5S/c1-6-8-9-10-19-11-12-22-20(13-19)30-21(15-24(5)23(27)7-2)17(3)14-25(18(4)16-26)31(22,28)29/h11-13,17-18,21,26H,6-8,14-16H2,1-5H3/t17-,18+,21+/m1/s1. The van der Waals surface area contributed by atoms with E-state index in [2.05, 4.69) is 11.8 Å². The average Bonchev–Trinajstić information content (AvgIpc) is 2.75. The first-order chi connectivity index (χ1) is 14.6. The molecule has 0 saturated carbocycles. The SMILES string of the molecule is CCCC#Cc1ccc2c(c1)O[C@@H](CN(C)C(=O)CC)[C@H](C)CN([C@@H](C)CO)S2(=O)=O. The van der Waals surface area contributed by atoms with E-state index in [0.717, 1.165) is 12.8 Å². The Kier molecular flexibility index (Phi) is 8.92. The molecule has 7 nitrogen and oxygen atoms in total. The Morgan fingerprint density at radius 2 is 2.10 bits per heavy atom. The van der Waals surface area contributed by atoms with Gasteiger partial charge in [0.05, 0.1) is 13.2 Å². The summed E-state index contributed by atoms with van der Waals surface area (Å²) in [4.78, 5) is 13.8. The molecule has 0 aromatic heterocycles. The molecule has 0 aliphatic carbocycles. The van der Waals surface area contributed by atoms with Crippen molar-refractivity contribution in [2.45, 2.75) is 64.0 Å². The first kappa shape index (κ1) is 25.2. The summed E-state index contributed by atoms with van der Waals surface area (Å²) in [6.07, 6.45) is 1.66. The maximum absolute atomic E-state index is 13.4. The number of ether oxygens (including phenoxy) is 1. The maximum Gasteiger partial charge on any atom is 0.247 e. The van der Waals surface area contributed by atoms with E-state index in [1.54, 1.807) is 37.9 Å². The molecule has 31 heavy (non-hydrogen) atoms. The molecule has 3 atom stereocenters. The van der Waals surface area contributed by atoms with Gasteiger partial charge >= 0.3 is 0 Å². The number of unbranched alkanes of at least 4 members (excludes halogenated alkanes) is 1. The van der Waals surface area contributed by atoms with Gasteiger partial charge in [0, 0.05) is 44.0 Å². The summed E-state index contributed by atoms with van der Waals surface area (Å²) in [5.74, 6) is 6.13. The zero-order valence-corrected chi connectivity index (χ0v) is 19.9. The second kappa shape index (κ2) is 11.0. The monoisotopic (exact) mass is 450 g/mol. The lowest BCUT2D eigenvalue weighted by molar-refractivity contribution is -0.131. The van der Waals surface area contributed by atoms with E-state index in [-0.39, 0.29) is 35.6 Å². The summed E-state index contributed by atoms with van der Waals surface area (Å²) in [5, 5.41) is 9.69. The second-order valence-corrected chi connectivity index (χ2v) is 9.94. The third-order valence-corrected chi connectivity index (χ3v) is 7.48. The van der Waals surface area contributed by atoms with Gasteiger partial charge in [-0.15, -0.1) is 0 Å². The van der Waals surface area contributed by atoms with Crippen molar-refractivity contribution in [3.05, 3.63) is 23.8 Å². The van der Waals surface area contributed by atoms with Crippen LogP contribution in [-0.4, -0.2) is 67.5 Å². The maximum atomic E-state index is 13.4. The molecular formula is C23H34N2O5S. The fourth-order valence-electron chi connectivity index (χ4n) is 3.45. The normalized spacial score (nSPS) is 21.5. The van der Waals surface area contributed by atoms with Crippen molar-refractivity contribution in [3.63, 3.8) is 0 Å². The van der Waals surface area contributed by atoms with E-state index < -0.39 is 22.2 Å². The molecule has 8 heteroatoms. The van der Waals surface area contributed by atoms with Crippen molar-refractivity contribution in [1.29, 1.82) is 0 Å². The molecule has 0 spiro atoms. The highest BCUT2D eigenvalue weighted by molar-refractivity contribution is 7.89. The Bertz CT molecular complexity index is 935. The third-order valence-electron chi connectivity index (χ3n) is 5.46. The van der Waals surface area contributed by atoms with E-state index in [1.165, 1.54) is 10.4 Å². The van der Waals surface area contributed by atoms with Crippen molar-refractivity contribution in [1.82, 2.24) is 9.21 Å². The molecule has 172 valence electrons. The van der Waals surface area contributed by atoms with Crippen LogP contribution in [0.15, 0.2) is 23.1 Å². The zero-order chi connectivity index (χ0) is 23.2. The molecule has 0 fully saturated rings. The number of aliphatic hydroxyl groups is 1. The number of carbonyl (C=O) groups excluding carboxylic acids is 1. The van der Waals surface area contributed by atoms with E-state index in [0.29, 0.717) is 18.5 Å². The third kappa shape index (κ3) is 6.00. The summed E-state index contributed by atoms with van der Waals surface area (Å²) in [6.45, 7) is 7.65. The minimum Gasteiger partial charge on any atom is -0.487 e. The minimum absolute atomic E-state index is 0.00882. The lowest BCUT2D eigenvalue weighted by Crippen LogP contribution is -2.50. The number of hydrogen-bond acceptors (Lipinski definition) is 5. The summed E-state index contributed by atoms with van der Waals surface area (Å²) in [6, 6.07) is 4.27. The molecule has 1 aromatic rings. The molecule has 1 aliphatic heterocycles. The minimum atomic E-state index is -3.88. The summed E-state index contributed by atoms with van der Waals surface area (Å²) in [5.41, 5.74) is 0.675. The Morgan fingerprint density at radius 1 is 1.39 bits per heavy atom. The van der Waals surface area contributed by atoms with Crippen LogP contribution in [0.2, 0.25) is 0 Å². The van der Waals surface area contributed by atoms with Crippen LogP contribution in [0, 0.1) is 17.8 Å². The molecule has 1 aromatic carbocycles. The lowest BCUT2D eigenvalue weighted by atomic mass is 10.0. The number of rotatable bonds is 6. The van der Waals surface area contributed by atoms with E-state index in [1.807, 2.05) is 13.8 Å². The number of fused-ring (bicyclic) bond motifs is 1. The Labute approximate surface area is 186 Å². The van der Waals surface area contributed by atoms with Crippen molar-refractivity contribution < 1.29 is 23.1 Å². The quantitative estimate of drug-likeness (QED) is 0.673. The molecule has 2 rings (SSSR count). The second-order valence-electron chi connectivity index (χ2n) is 8.08. The largest absolute Gasteiger partial charge is 0.487 e. The predicted octanol–water partition coefficient (Wildman–Crippen LogP) is 2.48. The number of hydrogen-bond donors (Lipinski definition) is 1. The fourth-order valence-corrected chi connectivity index (χ4v) is 5.28. The Balaban J connectivity index is 2.56. The summed E-state index contributed by atoms with van der Waals surface area (Å²) < 4.78 is 34.4. The first-order valence-electron chi connectivity index (χ1n) is 10.8. The summed E-state index contributed by atoms with van der Waals surface area (Å²) >= 11 is 0. The summed E-state index contributed by atoms with van der Waals surface area (Å²) in [7, 11) is -2.16. The van der Waals surface area contributed by atoms with Crippen LogP contribution >= 0.6 is 0 Å². The van der Waals surface area contributed by atoms with Gasteiger partial charge in [0.1, 0.15) is 16.7 Å². The van der Waals surface area contributed by atoms with Crippen LogP contribution in [0.3, 0.4) is 0 Å². The molecule has 1 N–H and O–H groups in total. The van der Waals surface area contributed by atoms with Gasteiger partial charge in [-0.3, -0.25) is 4.79 Å². The van der Waals surface area contributed by atoms with Gasteiger partial charge in [-0.1, -0.05) is 32.6 Å². The van der Waals surface area contributed by atoms with Crippen LogP contribution in [-0.2, 0) is 14.8 Å². The first-order valence-corrected chi connectivity index (χ1v) is 12.3. The van der Waals surface area contributed by atoms with Crippen molar-refractivity contribution in [2.75, 3.05) is 26.7 Å². The molecule has 1 aliphatic rings. The van der Waals surface area contributed by atoms with Gasteiger partial charge in [-0.05, 0) is 31.5 Å². The van der Waals surface area contributed by atoms with Crippen molar-refractivity contribution in [3.8, 4) is 17.6 Å². The van der Waals surface area contributed by atoms with Crippen LogP contribution in [0.5, 0.6) is 5.75 Å². The molecule has 0 bridgehead atoms. The zero-order valence-electron chi connectivity index (χ0n) is 19.1. The Hall–Kier alpha value is -2.08. The van der Waals surface area contributed by atoms with Crippen LogP contribution in [0.25, 0.3) is 0 Å². The van der Waals surface area contributed by atoms with Gasteiger partial charge < -0.3 is 14.7 Å². The highest BCUT2D eigenvalue weighted by Crippen LogP contribution is 2.34. The van der Waals surface area contributed by atoms with Crippen LogP contribution < -0.4 is 4.74 Å². The van der Waals surface area contributed by atoms with Gasteiger partial charge in [0.25, 0.3) is 0 Å². The molecule has 1 heterocycles. The van der Waals surface area contributed by atoms with Gasteiger partial charge in [0.2, 0.25) is 15.9 Å². The highest BCUT2D eigenvalue weighted by Gasteiger charge is 2.38. The average molecular weight is 451 g/mol. The van der Waals surface area contributed by atoms with Crippen molar-refractivity contribution in [2.24, 2.45) is 5.92 Å². The molecule has 0 saturated heterocycles. The van der Waals surface area contributed by atoms with Gasteiger partial charge in [0.15, 0.2) is 0 Å². The highest BCUT2D eigenvalue weighted by atomic mass is 32.2.